The first kappa shape index (κ1) is 22.3. The van der Waals surface area contributed by atoms with Crippen LogP contribution in [0.3, 0.4) is 0 Å². The highest BCUT2D eigenvalue weighted by Gasteiger charge is 2.23. The van der Waals surface area contributed by atoms with Crippen LogP contribution in [-0.2, 0) is 17.7 Å². The van der Waals surface area contributed by atoms with Gasteiger partial charge in [0.1, 0.15) is 11.4 Å². The van der Waals surface area contributed by atoms with Crippen LogP contribution in [0.1, 0.15) is 22.5 Å². The van der Waals surface area contributed by atoms with Gasteiger partial charge in [0.15, 0.2) is 5.75 Å². The second kappa shape index (κ2) is 9.47. The minimum atomic E-state index is -0.163. The molecular weight excluding hydrogens is 454 g/mol. The Kier molecular flexibility index (Phi) is 5.87. The normalized spacial score (nSPS) is 14.5. The van der Waals surface area contributed by atoms with E-state index in [1.807, 2.05) is 49.4 Å². The van der Waals surface area contributed by atoms with Crippen molar-refractivity contribution in [2.45, 2.75) is 19.9 Å². The van der Waals surface area contributed by atoms with Gasteiger partial charge in [0.2, 0.25) is 0 Å². The van der Waals surface area contributed by atoms with Gasteiger partial charge in [0.25, 0.3) is 5.56 Å². The van der Waals surface area contributed by atoms with E-state index in [2.05, 4.69) is 31.2 Å². The van der Waals surface area contributed by atoms with Gasteiger partial charge in [0.05, 0.1) is 31.1 Å². The number of fused-ring (bicyclic) bond motifs is 2. The molecule has 1 aromatic carbocycles. The second-order valence-corrected chi connectivity index (χ2v) is 9.09. The molecule has 0 unspecified atom stereocenters. The molecule has 2 aliphatic heterocycles. The Bertz CT molecular complexity index is 1480. The largest absolute Gasteiger partial charge is 0.454 e. The molecule has 36 heavy (non-hydrogen) atoms. The number of ether oxygens (including phenoxy) is 2. The van der Waals surface area contributed by atoms with Crippen molar-refractivity contribution in [1.82, 2.24) is 15.0 Å². The fraction of sp³-hybridized carbons (Fsp3) is 0.250. The summed E-state index contributed by atoms with van der Waals surface area (Å²) in [5.74, 6) is 1.48. The predicted molar refractivity (Wildman–Crippen MR) is 139 cm³/mol. The van der Waals surface area contributed by atoms with E-state index in [0.29, 0.717) is 43.3 Å². The van der Waals surface area contributed by atoms with Crippen LogP contribution in [0, 0.1) is 6.92 Å². The molecule has 0 amide bonds. The summed E-state index contributed by atoms with van der Waals surface area (Å²) in [4.78, 5) is 26.8. The molecule has 5 heterocycles. The molecule has 2 N–H and O–H groups in total. The van der Waals surface area contributed by atoms with Gasteiger partial charge in [-0.25, -0.2) is 0 Å². The zero-order valence-corrected chi connectivity index (χ0v) is 20.1. The molecule has 1 saturated heterocycles. The number of H-pyrrole nitrogens is 1. The second-order valence-electron chi connectivity index (χ2n) is 9.09. The number of anilines is 2. The zero-order chi connectivity index (χ0) is 24.5. The Morgan fingerprint density at radius 3 is 2.81 bits per heavy atom. The number of aromatic nitrogens is 3. The first-order valence-corrected chi connectivity index (χ1v) is 12.1. The molecule has 0 saturated carbocycles. The first-order chi connectivity index (χ1) is 17.6. The number of pyridine rings is 3. The van der Waals surface area contributed by atoms with Crippen LogP contribution in [0.25, 0.3) is 11.4 Å². The minimum absolute atomic E-state index is 0.163. The number of benzene rings is 1. The molecule has 2 aliphatic rings. The lowest BCUT2D eigenvalue weighted by Crippen LogP contribution is -2.36. The molecule has 3 aromatic heterocycles. The lowest BCUT2D eigenvalue weighted by atomic mass is 9.99. The smallest absolute Gasteiger partial charge is 0.250 e. The highest BCUT2D eigenvalue weighted by atomic mass is 16.5. The maximum absolute atomic E-state index is 12.5. The average molecular weight is 482 g/mol. The average Bonchev–Trinajstić information content (AvgIpc) is 2.90. The van der Waals surface area contributed by atoms with Crippen LogP contribution in [0.4, 0.5) is 11.4 Å². The molecule has 1 fully saturated rings. The van der Waals surface area contributed by atoms with Gasteiger partial charge in [-0.2, -0.15) is 0 Å². The van der Waals surface area contributed by atoms with Crippen LogP contribution in [-0.4, -0.2) is 41.3 Å². The van der Waals surface area contributed by atoms with E-state index < -0.39 is 0 Å². The van der Waals surface area contributed by atoms with Gasteiger partial charge in [-0.1, -0.05) is 6.07 Å². The molecular formula is C28H27N5O3. The van der Waals surface area contributed by atoms with E-state index >= 15 is 0 Å². The third-order valence-electron chi connectivity index (χ3n) is 6.52. The molecule has 6 rings (SSSR count). The summed E-state index contributed by atoms with van der Waals surface area (Å²) >= 11 is 0. The Morgan fingerprint density at radius 2 is 1.94 bits per heavy atom. The Morgan fingerprint density at radius 1 is 1.06 bits per heavy atom. The maximum atomic E-state index is 12.5. The quantitative estimate of drug-likeness (QED) is 0.387. The van der Waals surface area contributed by atoms with Crippen LogP contribution in [0.5, 0.6) is 11.5 Å². The molecule has 0 bridgehead atoms. The molecule has 0 aliphatic carbocycles. The number of nitrogens with zero attached hydrogens (tertiary/aromatic N) is 3. The summed E-state index contributed by atoms with van der Waals surface area (Å²) in [5, 5.41) is 3.46. The maximum Gasteiger partial charge on any atom is 0.250 e. The summed E-state index contributed by atoms with van der Waals surface area (Å²) in [7, 11) is 0. The topological polar surface area (TPSA) is 92.4 Å². The summed E-state index contributed by atoms with van der Waals surface area (Å²) in [6, 6.07) is 17.7. The van der Waals surface area contributed by atoms with E-state index in [1.165, 1.54) is 0 Å². The van der Waals surface area contributed by atoms with Crippen molar-refractivity contribution in [2.24, 2.45) is 0 Å². The molecule has 8 nitrogen and oxygen atoms in total. The van der Waals surface area contributed by atoms with Gasteiger partial charge in [-0.15, -0.1) is 0 Å². The number of morpholine rings is 1. The van der Waals surface area contributed by atoms with Crippen LogP contribution in [0.2, 0.25) is 0 Å². The van der Waals surface area contributed by atoms with Crippen LogP contribution < -0.4 is 20.5 Å². The minimum Gasteiger partial charge on any atom is -0.454 e. The number of rotatable bonds is 5. The van der Waals surface area contributed by atoms with Gasteiger partial charge in [0, 0.05) is 60.0 Å². The summed E-state index contributed by atoms with van der Waals surface area (Å²) in [5.41, 5.74) is 7.13. The lowest BCUT2D eigenvalue weighted by molar-refractivity contribution is 0.122. The van der Waals surface area contributed by atoms with E-state index in [-0.39, 0.29) is 5.56 Å². The molecule has 4 aromatic rings. The zero-order valence-electron chi connectivity index (χ0n) is 20.1. The van der Waals surface area contributed by atoms with Crippen LogP contribution >= 0.6 is 0 Å². The van der Waals surface area contributed by atoms with Crippen molar-refractivity contribution in [2.75, 3.05) is 36.5 Å². The fourth-order valence-corrected chi connectivity index (χ4v) is 4.73. The Hall–Kier alpha value is -4.17. The van der Waals surface area contributed by atoms with Crippen molar-refractivity contribution >= 4 is 11.4 Å². The van der Waals surface area contributed by atoms with E-state index in [4.69, 9.17) is 9.47 Å². The van der Waals surface area contributed by atoms with Crippen molar-refractivity contribution in [3.8, 4) is 22.9 Å². The Labute approximate surface area is 209 Å². The molecule has 0 spiro atoms. The SMILES string of the molecule is Cc1cccc(CNc2ccc3c(c2)Cc2ccnc(-c4cc(N5CCOCC5)cc(=O)[nH]4)c2O3)n1. The summed E-state index contributed by atoms with van der Waals surface area (Å²) in [6.07, 6.45) is 2.49. The number of aryl methyl sites for hydroxylation is 1. The van der Waals surface area contributed by atoms with Crippen molar-refractivity contribution in [3.63, 3.8) is 0 Å². The third kappa shape index (κ3) is 4.55. The first-order valence-electron chi connectivity index (χ1n) is 12.1. The number of nitrogens with one attached hydrogen (secondary N) is 2. The van der Waals surface area contributed by atoms with Crippen molar-refractivity contribution in [1.29, 1.82) is 0 Å². The standard InChI is InChI=1S/C28H27N5O3/c1-18-3-2-4-22(31-18)17-30-21-5-6-25-20(14-21)13-19-7-8-29-27(28(19)36-25)24-15-23(16-26(34)32-24)33-9-11-35-12-10-33/h2-8,14-16,30H,9-13,17H2,1H3,(H,32,34). The Balaban J connectivity index is 1.26. The van der Waals surface area contributed by atoms with Gasteiger partial charge in [-0.05, 0) is 49.4 Å². The highest BCUT2D eigenvalue weighted by molar-refractivity contribution is 5.71. The van der Waals surface area contributed by atoms with E-state index in [0.717, 1.165) is 52.7 Å². The molecule has 182 valence electrons. The van der Waals surface area contributed by atoms with Crippen molar-refractivity contribution < 1.29 is 9.47 Å². The van der Waals surface area contributed by atoms with Gasteiger partial charge < -0.3 is 24.7 Å². The highest BCUT2D eigenvalue weighted by Crippen LogP contribution is 2.42. The van der Waals surface area contributed by atoms with Gasteiger partial charge >= 0.3 is 0 Å². The van der Waals surface area contributed by atoms with E-state index in [1.54, 1.807) is 12.3 Å². The summed E-state index contributed by atoms with van der Waals surface area (Å²) in [6.45, 7) is 5.46. The molecule has 0 atom stereocenters. The number of aromatic amines is 1. The fourth-order valence-electron chi connectivity index (χ4n) is 4.73. The van der Waals surface area contributed by atoms with Crippen molar-refractivity contribution in [3.05, 3.63) is 93.7 Å². The third-order valence-corrected chi connectivity index (χ3v) is 6.52. The molecule has 8 heteroatoms. The van der Waals surface area contributed by atoms with E-state index in [9.17, 15) is 4.79 Å². The monoisotopic (exact) mass is 481 g/mol. The van der Waals surface area contributed by atoms with Gasteiger partial charge in [-0.3, -0.25) is 14.8 Å². The van der Waals surface area contributed by atoms with Crippen LogP contribution in [0.15, 0.2) is 65.6 Å². The lowest BCUT2D eigenvalue weighted by Gasteiger charge is -2.29. The number of hydrogen-bond acceptors (Lipinski definition) is 7. The number of hydrogen-bond donors (Lipinski definition) is 2. The predicted octanol–water partition coefficient (Wildman–Crippen LogP) is 4.29. The molecule has 0 radical (unpaired) electrons. The summed E-state index contributed by atoms with van der Waals surface area (Å²) < 4.78 is 11.8.